The molecular formula is C14H21N3O4. The number of carbonyl (C=O) groups is 1. The van der Waals surface area contributed by atoms with Gasteiger partial charge in [0.05, 0.1) is 10.5 Å². The molecule has 1 aromatic rings. The van der Waals surface area contributed by atoms with Crippen LogP contribution in [0.1, 0.15) is 24.2 Å². The SMILES string of the molecule is CN(C)CC(C)(C)CNC(=O)c1cccc([N+](=O)[O-])c1O. The Labute approximate surface area is 123 Å². The molecule has 21 heavy (non-hydrogen) atoms. The van der Waals surface area contributed by atoms with Crippen LogP contribution < -0.4 is 5.32 Å². The summed E-state index contributed by atoms with van der Waals surface area (Å²) in [6.07, 6.45) is 0. The fourth-order valence-corrected chi connectivity index (χ4v) is 2.19. The molecule has 2 N–H and O–H groups in total. The maximum absolute atomic E-state index is 12.1. The summed E-state index contributed by atoms with van der Waals surface area (Å²) in [5.74, 6) is -1.13. The summed E-state index contributed by atoms with van der Waals surface area (Å²) >= 11 is 0. The molecule has 0 saturated heterocycles. The quantitative estimate of drug-likeness (QED) is 0.614. The average Bonchev–Trinajstić information content (AvgIpc) is 2.34. The Bertz CT molecular complexity index is 541. The lowest BCUT2D eigenvalue weighted by Gasteiger charge is -2.28. The second-order valence-electron chi connectivity index (χ2n) is 6.02. The monoisotopic (exact) mass is 295 g/mol. The number of nitrogens with zero attached hydrogens (tertiary/aromatic N) is 2. The third-order valence-electron chi connectivity index (χ3n) is 2.93. The Balaban J connectivity index is 2.82. The lowest BCUT2D eigenvalue weighted by molar-refractivity contribution is -0.385. The van der Waals surface area contributed by atoms with Gasteiger partial charge in [-0.05, 0) is 25.6 Å². The average molecular weight is 295 g/mol. The van der Waals surface area contributed by atoms with Gasteiger partial charge in [-0.25, -0.2) is 0 Å². The highest BCUT2D eigenvalue weighted by Crippen LogP contribution is 2.29. The molecule has 0 aromatic heterocycles. The number of nitro benzene ring substituents is 1. The molecule has 7 nitrogen and oxygen atoms in total. The van der Waals surface area contributed by atoms with Gasteiger partial charge in [0.2, 0.25) is 5.75 Å². The molecule has 0 aliphatic carbocycles. The molecule has 0 aliphatic rings. The number of para-hydroxylation sites is 1. The molecule has 0 radical (unpaired) electrons. The van der Waals surface area contributed by atoms with Crippen LogP contribution in [0.5, 0.6) is 5.75 Å². The van der Waals surface area contributed by atoms with Gasteiger partial charge < -0.3 is 15.3 Å². The minimum Gasteiger partial charge on any atom is -0.502 e. The second kappa shape index (κ2) is 6.53. The summed E-state index contributed by atoms with van der Waals surface area (Å²) in [6.45, 7) is 5.17. The maximum atomic E-state index is 12.1. The summed E-state index contributed by atoms with van der Waals surface area (Å²) in [5.41, 5.74) is -0.727. The Morgan fingerprint density at radius 3 is 2.57 bits per heavy atom. The standard InChI is InChI=1S/C14H21N3O4/c1-14(2,9-16(3)4)8-15-13(19)10-6-5-7-11(12(10)18)17(20)21/h5-7,18H,8-9H2,1-4H3,(H,15,19). The van der Waals surface area contributed by atoms with Crippen molar-refractivity contribution in [1.82, 2.24) is 10.2 Å². The molecule has 0 aliphatic heterocycles. The molecule has 0 bridgehead atoms. The van der Waals surface area contributed by atoms with E-state index in [1.807, 2.05) is 32.8 Å². The minimum absolute atomic E-state index is 0.0927. The van der Waals surface area contributed by atoms with Crippen molar-refractivity contribution >= 4 is 11.6 Å². The largest absolute Gasteiger partial charge is 0.502 e. The van der Waals surface area contributed by atoms with Crippen molar-refractivity contribution in [2.75, 3.05) is 27.2 Å². The van der Waals surface area contributed by atoms with Crippen molar-refractivity contribution in [3.8, 4) is 5.75 Å². The lowest BCUT2D eigenvalue weighted by atomic mass is 9.93. The van der Waals surface area contributed by atoms with E-state index >= 15 is 0 Å². The van der Waals surface area contributed by atoms with Crippen LogP contribution in [0, 0.1) is 15.5 Å². The third kappa shape index (κ3) is 4.71. The Morgan fingerprint density at radius 2 is 2.05 bits per heavy atom. The number of rotatable bonds is 6. The third-order valence-corrected chi connectivity index (χ3v) is 2.93. The van der Waals surface area contributed by atoms with Crippen LogP contribution in [-0.2, 0) is 0 Å². The molecule has 0 unspecified atom stereocenters. The molecule has 1 aromatic carbocycles. The van der Waals surface area contributed by atoms with Gasteiger partial charge in [-0.3, -0.25) is 14.9 Å². The first-order valence-corrected chi connectivity index (χ1v) is 6.53. The van der Waals surface area contributed by atoms with Crippen LogP contribution in [0.25, 0.3) is 0 Å². The van der Waals surface area contributed by atoms with Crippen LogP contribution in [0.3, 0.4) is 0 Å². The summed E-state index contributed by atoms with van der Waals surface area (Å²) in [4.78, 5) is 24.1. The van der Waals surface area contributed by atoms with E-state index in [1.54, 1.807) is 0 Å². The van der Waals surface area contributed by atoms with E-state index in [9.17, 15) is 20.0 Å². The molecule has 0 fully saturated rings. The van der Waals surface area contributed by atoms with E-state index in [0.29, 0.717) is 6.54 Å². The molecule has 1 rings (SSSR count). The normalized spacial score (nSPS) is 11.5. The van der Waals surface area contributed by atoms with Crippen molar-refractivity contribution in [2.24, 2.45) is 5.41 Å². The number of amides is 1. The van der Waals surface area contributed by atoms with Gasteiger partial charge in [0.1, 0.15) is 0 Å². The van der Waals surface area contributed by atoms with Crippen molar-refractivity contribution in [3.63, 3.8) is 0 Å². The molecule has 7 heteroatoms. The van der Waals surface area contributed by atoms with Crippen LogP contribution >= 0.6 is 0 Å². The molecule has 1 amide bonds. The number of phenols is 1. The van der Waals surface area contributed by atoms with E-state index in [4.69, 9.17) is 0 Å². The molecule has 0 saturated carbocycles. The maximum Gasteiger partial charge on any atom is 0.311 e. The predicted molar refractivity (Wildman–Crippen MR) is 79.4 cm³/mol. The van der Waals surface area contributed by atoms with Gasteiger partial charge in [-0.2, -0.15) is 0 Å². The van der Waals surface area contributed by atoms with Crippen LogP contribution in [-0.4, -0.2) is 48.0 Å². The topological polar surface area (TPSA) is 95.7 Å². The zero-order valence-corrected chi connectivity index (χ0v) is 12.7. The van der Waals surface area contributed by atoms with Gasteiger partial charge in [-0.1, -0.05) is 19.9 Å². The lowest BCUT2D eigenvalue weighted by Crippen LogP contribution is -2.40. The van der Waals surface area contributed by atoms with E-state index < -0.39 is 22.3 Å². The van der Waals surface area contributed by atoms with Crippen molar-refractivity contribution < 1.29 is 14.8 Å². The summed E-state index contributed by atoms with van der Waals surface area (Å²) in [5, 5.41) is 23.2. The van der Waals surface area contributed by atoms with Crippen LogP contribution in [0.2, 0.25) is 0 Å². The zero-order chi connectivity index (χ0) is 16.2. The number of hydrogen-bond donors (Lipinski definition) is 2. The van der Waals surface area contributed by atoms with E-state index in [1.165, 1.54) is 12.1 Å². The van der Waals surface area contributed by atoms with Crippen molar-refractivity contribution in [1.29, 1.82) is 0 Å². The number of hydrogen-bond acceptors (Lipinski definition) is 5. The summed E-state index contributed by atoms with van der Waals surface area (Å²) in [7, 11) is 3.88. The highest BCUT2D eigenvalue weighted by molar-refractivity contribution is 5.98. The summed E-state index contributed by atoms with van der Waals surface area (Å²) in [6, 6.07) is 3.89. The smallest absolute Gasteiger partial charge is 0.311 e. The number of carbonyl (C=O) groups excluding carboxylic acids is 1. The first-order chi connectivity index (χ1) is 9.64. The van der Waals surface area contributed by atoms with Crippen molar-refractivity contribution in [2.45, 2.75) is 13.8 Å². The number of nitro groups is 1. The second-order valence-corrected chi connectivity index (χ2v) is 6.02. The first-order valence-electron chi connectivity index (χ1n) is 6.53. The molecule has 0 spiro atoms. The van der Waals surface area contributed by atoms with E-state index in [2.05, 4.69) is 5.32 Å². The van der Waals surface area contributed by atoms with Gasteiger partial charge >= 0.3 is 5.69 Å². The molecule has 116 valence electrons. The van der Waals surface area contributed by atoms with Gasteiger partial charge in [0, 0.05) is 19.2 Å². The van der Waals surface area contributed by atoms with Crippen molar-refractivity contribution in [3.05, 3.63) is 33.9 Å². The van der Waals surface area contributed by atoms with Gasteiger partial charge in [-0.15, -0.1) is 0 Å². The highest BCUT2D eigenvalue weighted by atomic mass is 16.6. The fraction of sp³-hybridized carbons (Fsp3) is 0.500. The Morgan fingerprint density at radius 1 is 1.43 bits per heavy atom. The molecule has 0 heterocycles. The van der Waals surface area contributed by atoms with Crippen LogP contribution in [0.4, 0.5) is 5.69 Å². The zero-order valence-electron chi connectivity index (χ0n) is 12.7. The van der Waals surface area contributed by atoms with Gasteiger partial charge in [0.15, 0.2) is 0 Å². The van der Waals surface area contributed by atoms with Gasteiger partial charge in [0.25, 0.3) is 5.91 Å². The Kier molecular flexibility index (Phi) is 5.26. The highest BCUT2D eigenvalue weighted by Gasteiger charge is 2.24. The number of nitrogens with one attached hydrogen (secondary N) is 1. The van der Waals surface area contributed by atoms with E-state index in [0.717, 1.165) is 12.6 Å². The number of benzene rings is 1. The minimum atomic E-state index is -0.720. The predicted octanol–water partition coefficient (Wildman–Crippen LogP) is 1.62. The molecule has 0 atom stereocenters. The number of phenolic OH excluding ortho intramolecular Hbond substituents is 1. The number of aromatic hydroxyl groups is 1. The first kappa shape index (κ1) is 16.9. The molecular weight excluding hydrogens is 274 g/mol. The Hall–Kier alpha value is -2.15. The van der Waals surface area contributed by atoms with Crippen LogP contribution in [0.15, 0.2) is 18.2 Å². The fourth-order valence-electron chi connectivity index (χ4n) is 2.19. The van der Waals surface area contributed by atoms with E-state index in [-0.39, 0.29) is 11.0 Å². The summed E-state index contributed by atoms with van der Waals surface area (Å²) < 4.78 is 0.